The summed E-state index contributed by atoms with van der Waals surface area (Å²) in [5.41, 5.74) is 3.04. The Hall–Kier alpha value is -2.18. The number of aryl methyl sites for hydroxylation is 1. The Balaban J connectivity index is 1.67. The maximum Gasteiger partial charge on any atom is 0.241 e. The summed E-state index contributed by atoms with van der Waals surface area (Å²) in [6.45, 7) is 2.86. The highest BCUT2D eigenvalue weighted by molar-refractivity contribution is 7.91. The predicted molar refractivity (Wildman–Crippen MR) is 102 cm³/mol. The lowest BCUT2D eigenvalue weighted by Crippen LogP contribution is -2.61. The van der Waals surface area contributed by atoms with Crippen LogP contribution < -0.4 is 4.90 Å². The van der Waals surface area contributed by atoms with Crippen molar-refractivity contribution in [1.82, 2.24) is 4.90 Å². The molecule has 0 bridgehead atoms. The van der Waals surface area contributed by atoms with E-state index in [2.05, 4.69) is 6.07 Å². The lowest BCUT2D eigenvalue weighted by Gasteiger charge is -2.43. The minimum Gasteiger partial charge on any atom is -0.306 e. The smallest absolute Gasteiger partial charge is 0.241 e. The van der Waals surface area contributed by atoms with Gasteiger partial charge in [0, 0.05) is 18.3 Å². The number of fused-ring (bicyclic) bond motifs is 1. The molecule has 2 aliphatic heterocycles. The molecule has 0 N–H and O–H groups in total. The van der Waals surface area contributed by atoms with E-state index in [1.54, 1.807) is 4.90 Å². The summed E-state index contributed by atoms with van der Waals surface area (Å²) in [5, 5.41) is 0. The molecule has 4 rings (SSSR count). The van der Waals surface area contributed by atoms with Crippen molar-refractivity contribution in [2.75, 3.05) is 23.0 Å². The van der Waals surface area contributed by atoms with Crippen molar-refractivity contribution in [1.29, 1.82) is 0 Å². The van der Waals surface area contributed by atoms with Crippen LogP contribution in [-0.2, 0) is 21.2 Å². The van der Waals surface area contributed by atoms with Gasteiger partial charge in [-0.2, -0.15) is 0 Å². The minimum absolute atomic E-state index is 0.0304. The van der Waals surface area contributed by atoms with Crippen molar-refractivity contribution >= 4 is 21.4 Å². The van der Waals surface area contributed by atoms with Gasteiger partial charge in [0.25, 0.3) is 0 Å². The van der Waals surface area contributed by atoms with E-state index in [9.17, 15) is 13.2 Å². The third-order valence-electron chi connectivity index (χ3n) is 5.20. The third-order valence-corrected chi connectivity index (χ3v) is 6.90. The van der Waals surface area contributed by atoms with E-state index in [1.165, 1.54) is 0 Å². The first-order valence-corrected chi connectivity index (χ1v) is 10.6. The number of carbonyl (C=O) groups excluding carboxylic acids is 1. The molecule has 0 saturated carbocycles. The quantitative estimate of drug-likeness (QED) is 0.829. The molecule has 6 heteroatoms. The van der Waals surface area contributed by atoms with Crippen LogP contribution in [0.3, 0.4) is 0 Å². The second-order valence-corrected chi connectivity index (χ2v) is 9.36. The number of amides is 1. The topological polar surface area (TPSA) is 57.7 Å². The summed E-state index contributed by atoms with van der Waals surface area (Å²) in [6, 6.07) is 17.0. The lowest BCUT2D eigenvalue weighted by molar-refractivity contribution is -0.123. The molecule has 2 fully saturated rings. The average Bonchev–Trinajstić information content (AvgIpc) is 2.91. The highest BCUT2D eigenvalue weighted by atomic mass is 32.2. The molecule has 2 aromatic carbocycles. The Morgan fingerprint density at radius 3 is 2.46 bits per heavy atom. The van der Waals surface area contributed by atoms with Crippen molar-refractivity contribution in [3.63, 3.8) is 0 Å². The van der Waals surface area contributed by atoms with Gasteiger partial charge in [-0.05, 0) is 24.6 Å². The Morgan fingerprint density at radius 1 is 1.00 bits per heavy atom. The molecule has 0 aromatic heterocycles. The summed E-state index contributed by atoms with van der Waals surface area (Å²) < 4.78 is 24.7. The number of anilines is 1. The minimum atomic E-state index is -3.16. The molecule has 0 aliphatic carbocycles. The van der Waals surface area contributed by atoms with Crippen molar-refractivity contribution in [3.8, 4) is 0 Å². The molecule has 2 atom stereocenters. The summed E-state index contributed by atoms with van der Waals surface area (Å²) in [7, 11) is -3.16. The summed E-state index contributed by atoms with van der Waals surface area (Å²) >= 11 is 0. The SMILES string of the molecule is Cc1cccc(CN2CC(=O)N(c3ccccc3)C3CS(=O)(=O)CC32)c1. The average molecular weight is 370 g/mol. The maximum absolute atomic E-state index is 12.9. The van der Waals surface area contributed by atoms with Crippen LogP contribution in [0.5, 0.6) is 0 Å². The largest absolute Gasteiger partial charge is 0.306 e. The first-order chi connectivity index (χ1) is 12.4. The monoisotopic (exact) mass is 370 g/mol. The zero-order valence-corrected chi connectivity index (χ0v) is 15.5. The van der Waals surface area contributed by atoms with E-state index < -0.39 is 9.84 Å². The molecule has 0 radical (unpaired) electrons. The molecule has 2 unspecified atom stereocenters. The number of piperazine rings is 1. The summed E-state index contributed by atoms with van der Waals surface area (Å²) in [5.74, 6) is 0.102. The molecule has 1 amide bonds. The predicted octanol–water partition coefficient (Wildman–Crippen LogP) is 2.01. The van der Waals surface area contributed by atoms with Gasteiger partial charge in [-0.3, -0.25) is 9.69 Å². The normalized spacial score (nSPS) is 25.3. The molecule has 2 aromatic rings. The fraction of sp³-hybridized carbons (Fsp3) is 0.350. The fourth-order valence-corrected chi connectivity index (χ4v) is 6.08. The van der Waals surface area contributed by atoms with Crippen LogP contribution in [0.25, 0.3) is 0 Å². The van der Waals surface area contributed by atoms with Crippen LogP contribution in [0.4, 0.5) is 5.69 Å². The number of sulfone groups is 1. The van der Waals surface area contributed by atoms with Crippen molar-refractivity contribution in [2.24, 2.45) is 0 Å². The molecule has 2 saturated heterocycles. The molecular formula is C20H22N2O3S. The summed E-state index contributed by atoms with van der Waals surface area (Å²) in [6.07, 6.45) is 0. The van der Waals surface area contributed by atoms with Gasteiger partial charge in [-0.1, -0.05) is 48.0 Å². The lowest BCUT2D eigenvalue weighted by atomic mass is 10.0. The van der Waals surface area contributed by atoms with Crippen LogP contribution in [0.1, 0.15) is 11.1 Å². The summed E-state index contributed by atoms with van der Waals surface area (Å²) in [4.78, 5) is 16.6. The van der Waals surface area contributed by atoms with Crippen LogP contribution >= 0.6 is 0 Å². The zero-order chi connectivity index (χ0) is 18.3. The Bertz CT molecular complexity index is 927. The van der Waals surface area contributed by atoms with Crippen molar-refractivity contribution in [3.05, 3.63) is 65.7 Å². The first kappa shape index (κ1) is 17.2. The van der Waals surface area contributed by atoms with Crippen molar-refractivity contribution < 1.29 is 13.2 Å². The van der Waals surface area contributed by atoms with Gasteiger partial charge < -0.3 is 4.90 Å². The van der Waals surface area contributed by atoms with Gasteiger partial charge in [-0.15, -0.1) is 0 Å². The number of rotatable bonds is 3. The number of carbonyl (C=O) groups is 1. The van der Waals surface area contributed by atoms with Gasteiger partial charge in [0.1, 0.15) is 0 Å². The van der Waals surface area contributed by atoms with E-state index in [0.717, 1.165) is 16.8 Å². The van der Waals surface area contributed by atoms with Crippen molar-refractivity contribution in [2.45, 2.75) is 25.6 Å². The standard InChI is InChI=1S/C20H22N2O3S/c1-15-6-5-7-16(10-15)11-21-12-20(23)22(17-8-3-2-4-9-17)19-14-26(24,25)13-18(19)21/h2-10,18-19H,11-14H2,1H3. The highest BCUT2D eigenvalue weighted by Gasteiger charge is 2.49. The van der Waals surface area contributed by atoms with Crippen LogP contribution in [-0.4, -0.2) is 49.4 Å². The van der Waals surface area contributed by atoms with Gasteiger partial charge in [0.15, 0.2) is 9.84 Å². The van der Waals surface area contributed by atoms with Gasteiger partial charge in [0.2, 0.25) is 5.91 Å². The molecule has 5 nitrogen and oxygen atoms in total. The van der Waals surface area contributed by atoms with E-state index in [1.807, 2.05) is 60.4 Å². The van der Waals surface area contributed by atoms with Gasteiger partial charge in [0.05, 0.1) is 24.1 Å². The Morgan fingerprint density at radius 2 is 1.73 bits per heavy atom. The Labute approximate surface area is 154 Å². The van der Waals surface area contributed by atoms with E-state index in [0.29, 0.717) is 6.54 Å². The zero-order valence-electron chi connectivity index (χ0n) is 14.7. The molecule has 136 valence electrons. The number of hydrogen-bond acceptors (Lipinski definition) is 4. The first-order valence-electron chi connectivity index (χ1n) is 8.80. The number of hydrogen-bond donors (Lipinski definition) is 0. The van der Waals surface area contributed by atoms with E-state index >= 15 is 0 Å². The number of nitrogens with zero attached hydrogens (tertiary/aromatic N) is 2. The third kappa shape index (κ3) is 3.27. The molecule has 26 heavy (non-hydrogen) atoms. The van der Waals surface area contributed by atoms with Gasteiger partial charge >= 0.3 is 0 Å². The van der Waals surface area contributed by atoms with E-state index in [-0.39, 0.29) is 36.0 Å². The maximum atomic E-state index is 12.9. The molecule has 0 spiro atoms. The molecule has 2 heterocycles. The number of para-hydroxylation sites is 1. The second kappa shape index (κ2) is 6.52. The van der Waals surface area contributed by atoms with Gasteiger partial charge in [-0.25, -0.2) is 8.42 Å². The van der Waals surface area contributed by atoms with Crippen LogP contribution in [0, 0.1) is 6.92 Å². The highest BCUT2D eigenvalue weighted by Crippen LogP contribution is 2.32. The Kier molecular flexibility index (Phi) is 4.32. The number of benzene rings is 2. The molecular weight excluding hydrogens is 348 g/mol. The molecule has 2 aliphatic rings. The van der Waals surface area contributed by atoms with Crippen LogP contribution in [0.2, 0.25) is 0 Å². The van der Waals surface area contributed by atoms with Crippen LogP contribution in [0.15, 0.2) is 54.6 Å². The fourth-order valence-electron chi connectivity index (χ4n) is 4.10. The second-order valence-electron chi connectivity index (χ2n) is 7.20. The van der Waals surface area contributed by atoms with E-state index in [4.69, 9.17) is 0 Å².